The van der Waals surface area contributed by atoms with E-state index < -0.39 is 0 Å². The van der Waals surface area contributed by atoms with E-state index in [9.17, 15) is 0 Å². The molecule has 1 aliphatic carbocycles. The number of hydrogen-bond acceptors (Lipinski definition) is 5. The highest BCUT2D eigenvalue weighted by atomic mass is 32.1. The highest BCUT2D eigenvalue weighted by Gasteiger charge is 2.27. The van der Waals surface area contributed by atoms with Gasteiger partial charge in [-0.1, -0.05) is 37.4 Å². The van der Waals surface area contributed by atoms with Gasteiger partial charge in [-0.15, -0.1) is 5.10 Å². The summed E-state index contributed by atoms with van der Waals surface area (Å²) in [4.78, 5) is 1.03. The molecule has 1 fully saturated rings. The minimum absolute atomic E-state index is 0.0535. The molecule has 1 heterocycles. The van der Waals surface area contributed by atoms with Crippen molar-refractivity contribution in [2.45, 2.75) is 51.2 Å². The Morgan fingerprint density at radius 2 is 2.10 bits per heavy atom. The average molecular weight is 303 g/mol. The maximum atomic E-state index is 6.45. The van der Waals surface area contributed by atoms with Crippen molar-refractivity contribution in [3.8, 4) is 5.75 Å². The first-order valence-corrected chi connectivity index (χ1v) is 8.07. The first-order chi connectivity index (χ1) is 9.95. The zero-order valence-electron chi connectivity index (χ0n) is 12.7. The zero-order valence-corrected chi connectivity index (χ0v) is 13.5. The van der Waals surface area contributed by atoms with Crippen LogP contribution in [0.3, 0.4) is 0 Å². The van der Waals surface area contributed by atoms with Gasteiger partial charge in [0.05, 0.1) is 22.7 Å². The van der Waals surface area contributed by atoms with Gasteiger partial charge >= 0.3 is 0 Å². The fourth-order valence-corrected chi connectivity index (χ4v) is 3.13. The summed E-state index contributed by atoms with van der Waals surface area (Å²) in [7, 11) is 0. The summed E-state index contributed by atoms with van der Waals surface area (Å²) in [6, 6.07) is 7.86. The quantitative estimate of drug-likeness (QED) is 0.940. The lowest BCUT2D eigenvalue weighted by Gasteiger charge is -2.20. The normalized spacial score (nSPS) is 16.8. The Balaban J connectivity index is 1.87. The van der Waals surface area contributed by atoms with E-state index in [1.165, 1.54) is 11.5 Å². The second-order valence-corrected chi connectivity index (χ2v) is 7.39. The molecule has 2 aromatic rings. The molecule has 3 rings (SSSR count). The van der Waals surface area contributed by atoms with Crippen LogP contribution in [0.4, 0.5) is 0 Å². The van der Waals surface area contributed by atoms with Gasteiger partial charge in [0, 0.05) is 5.41 Å². The summed E-state index contributed by atoms with van der Waals surface area (Å²) in [6.45, 7) is 6.39. The van der Waals surface area contributed by atoms with E-state index in [1.54, 1.807) is 0 Å². The Hall–Kier alpha value is -1.46. The van der Waals surface area contributed by atoms with Gasteiger partial charge in [0.1, 0.15) is 5.75 Å². The van der Waals surface area contributed by atoms with Crippen molar-refractivity contribution in [2.24, 2.45) is 5.73 Å². The standard InChI is InChI=1S/C16H21N3OS/c1-16(2,3)15-14(21-19-18-15)13(17)10-5-4-6-12(9-10)20-11-7-8-11/h4-6,9,11,13H,7-8,17H2,1-3H3. The molecule has 1 aromatic heterocycles. The minimum Gasteiger partial charge on any atom is -0.490 e. The van der Waals surface area contributed by atoms with Crippen LogP contribution in [0.15, 0.2) is 24.3 Å². The van der Waals surface area contributed by atoms with Crippen LogP contribution >= 0.6 is 11.5 Å². The summed E-state index contributed by atoms with van der Waals surface area (Å²) in [5.74, 6) is 0.903. The van der Waals surface area contributed by atoms with E-state index in [4.69, 9.17) is 10.5 Å². The lowest BCUT2D eigenvalue weighted by Crippen LogP contribution is -2.19. The molecule has 5 heteroatoms. The van der Waals surface area contributed by atoms with Gasteiger partial charge < -0.3 is 10.5 Å². The van der Waals surface area contributed by atoms with Crippen LogP contribution in [0, 0.1) is 0 Å². The van der Waals surface area contributed by atoms with Gasteiger partial charge in [0.2, 0.25) is 0 Å². The lowest BCUT2D eigenvalue weighted by molar-refractivity contribution is 0.303. The topological polar surface area (TPSA) is 61.0 Å². The smallest absolute Gasteiger partial charge is 0.120 e. The third-order valence-electron chi connectivity index (χ3n) is 3.55. The minimum atomic E-state index is -0.207. The van der Waals surface area contributed by atoms with E-state index >= 15 is 0 Å². The van der Waals surface area contributed by atoms with Crippen LogP contribution < -0.4 is 10.5 Å². The van der Waals surface area contributed by atoms with Crippen LogP contribution in [-0.4, -0.2) is 15.7 Å². The molecule has 2 N–H and O–H groups in total. The molecule has 1 aromatic carbocycles. The largest absolute Gasteiger partial charge is 0.490 e. The number of rotatable bonds is 4. The zero-order chi connectivity index (χ0) is 15.0. The maximum Gasteiger partial charge on any atom is 0.120 e. The Labute approximate surface area is 129 Å². The molecule has 4 nitrogen and oxygen atoms in total. The summed E-state index contributed by atoms with van der Waals surface area (Å²) in [6.07, 6.45) is 2.71. The summed E-state index contributed by atoms with van der Waals surface area (Å²) in [5, 5.41) is 4.27. The number of nitrogens with zero attached hydrogens (tertiary/aromatic N) is 2. The van der Waals surface area contributed by atoms with Crippen molar-refractivity contribution < 1.29 is 4.74 Å². The predicted molar refractivity (Wildman–Crippen MR) is 84.7 cm³/mol. The summed E-state index contributed by atoms with van der Waals surface area (Å²) < 4.78 is 9.94. The van der Waals surface area contributed by atoms with Crippen LogP contribution in [0.1, 0.15) is 55.8 Å². The number of nitrogens with two attached hydrogens (primary N) is 1. The fourth-order valence-electron chi connectivity index (χ4n) is 2.23. The molecular weight excluding hydrogens is 282 g/mol. The second-order valence-electron chi connectivity index (χ2n) is 6.60. The number of aromatic nitrogens is 2. The molecular formula is C16H21N3OS. The lowest BCUT2D eigenvalue weighted by atomic mass is 9.89. The number of ether oxygens (including phenoxy) is 1. The highest BCUT2D eigenvalue weighted by Crippen LogP contribution is 2.34. The van der Waals surface area contributed by atoms with Crippen molar-refractivity contribution in [1.29, 1.82) is 0 Å². The molecule has 0 spiro atoms. The Kier molecular flexibility index (Phi) is 3.71. The third-order valence-corrected chi connectivity index (χ3v) is 4.36. The molecule has 1 unspecified atom stereocenters. The molecule has 0 amide bonds. The first kappa shape index (κ1) is 14.5. The number of hydrogen-bond donors (Lipinski definition) is 1. The predicted octanol–water partition coefficient (Wildman–Crippen LogP) is 3.42. The van der Waals surface area contributed by atoms with Crippen LogP contribution in [0.25, 0.3) is 0 Å². The monoisotopic (exact) mass is 303 g/mol. The average Bonchev–Trinajstić information content (AvgIpc) is 3.08. The molecule has 0 saturated heterocycles. The first-order valence-electron chi connectivity index (χ1n) is 7.30. The molecule has 1 aliphatic rings. The SMILES string of the molecule is CC(C)(C)c1nnsc1C(N)c1cccc(OC2CC2)c1. The molecule has 0 aliphatic heterocycles. The molecule has 1 atom stereocenters. The molecule has 112 valence electrons. The highest BCUT2D eigenvalue weighted by molar-refractivity contribution is 7.05. The number of benzene rings is 1. The van der Waals surface area contributed by atoms with E-state index in [-0.39, 0.29) is 11.5 Å². The summed E-state index contributed by atoms with van der Waals surface area (Å²) in [5.41, 5.74) is 8.42. The fraction of sp³-hybridized carbons (Fsp3) is 0.500. The van der Waals surface area contributed by atoms with Crippen molar-refractivity contribution in [3.63, 3.8) is 0 Å². The van der Waals surface area contributed by atoms with Crippen molar-refractivity contribution >= 4 is 11.5 Å². The van der Waals surface area contributed by atoms with Gasteiger partial charge in [-0.25, -0.2) is 0 Å². The third kappa shape index (κ3) is 3.24. The molecule has 1 saturated carbocycles. The van der Waals surface area contributed by atoms with Crippen molar-refractivity contribution in [1.82, 2.24) is 9.59 Å². The van der Waals surface area contributed by atoms with Gasteiger partial charge in [-0.2, -0.15) is 0 Å². The molecule has 0 bridgehead atoms. The maximum absolute atomic E-state index is 6.45. The van der Waals surface area contributed by atoms with E-state index in [2.05, 4.69) is 30.4 Å². The van der Waals surface area contributed by atoms with E-state index in [1.807, 2.05) is 24.3 Å². The molecule has 0 radical (unpaired) electrons. The van der Waals surface area contributed by atoms with Crippen LogP contribution in [-0.2, 0) is 5.41 Å². The van der Waals surface area contributed by atoms with Crippen molar-refractivity contribution in [3.05, 3.63) is 40.4 Å². The summed E-state index contributed by atoms with van der Waals surface area (Å²) >= 11 is 1.38. The van der Waals surface area contributed by atoms with Crippen molar-refractivity contribution in [2.75, 3.05) is 0 Å². The van der Waals surface area contributed by atoms with Gasteiger partial charge in [-0.3, -0.25) is 0 Å². The Bertz CT molecular complexity index is 628. The Morgan fingerprint density at radius 1 is 1.33 bits per heavy atom. The van der Waals surface area contributed by atoms with Gasteiger partial charge in [0.15, 0.2) is 0 Å². The van der Waals surface area contributed by atoms with Gasteiger partial charge in [-0.05, 0) is 42.1 Å². The second kappa shape index (κ2) is 5.39. The molecule has 21 heavy (non-hydrogen) atoms. The Morgan fingerprint density at radius 3 is 2.76 bits per heavy atom. The van der Waals surface area contributed by atoms with Crippen LogP contribution in [0.2, 0.25) is 0 Å². The van der Waals surface area contributed by atoms with E-state index in [0.29, 0.717) is 6.10 Å². The van der Waals surface area contributed by atoms with Crippen LogP contribution in [0.5, 0.6) is 5.75 Å². The van der Waals surface area contributed by atoms with E-state index in [0.717, 1.165) is 34.7 Å². The van der Waals surface area contributed by atoms with Gasteiger partial charge in [0.25, 0.3) is 0 Å².